The number of hydrogen-bond donors (Lipinski definition) is 1. The molecule has 4 heteroatoms. The van der Waals surface area contributed by atoms with Crippen LogP contribution in [-0.4, -0.2) is 11.7 Å². The SMILES string of the molecule is C=C(CS/C=C(\N)C(C)(F)F)CC(C)CC. The zero-order chi connectivity index (χ0) is 12.8. The summed E-state index contributed by atoms with van der Waals surface area (Å²) in [5.74, 6) is -1.67. The minimum atomic E-state index is -2.93. The van der Waals surface area contributed by atoms with Crippen LogP contribution in [0.1, 0.15) is 33.6 Å². The first-order valence-corrected chi connectivity index (χ1v) is 6.44. The Morgan fingerprint density at radius 1 is 1.56 bits per heavy atom. The van der Waals surface area contributed by atoms with E-state index in [-0.39, 0.29) is 5.70 Å². The third-order valence-corrected chi connectivity index (χ3v) is 3.33. The molecule has 1 nitrogen and oxygen atoms in total. The summed E-state index contributed by atoms with van der Waals surface area (Å²) in [7, 11) is 0. The molecule has 0 amide bonds. The molecule has 1 unspecified atom stereocenters. The zero-order valence-electron chi connectivity index (χ0n) is 10.2. The molecule has 0 spiro atoms. The van der Waals surface area contributed by atoms with Gasteiger partial charge < -0.3 is 5.73 Å². The lowest BCUT2D eigenvalue weighted by atomic mass is 10.0. The van der Waals surface area contributed by atoms with E-state index in [1.165, 1.54) is 17.2 Å². The zero-order valence-corrected chi connectivity index (χ0v) is 11.0. The lowest BCUT2D eigenvalue weighted by Gasteiger charge is -2.11. The van der Waals surface area contributed by atoms with Crippen LogP contribution < -0.4 is 5.73 Å². The molecular weight excluding hydrogens is 228 g/mol. The Morgan fingerprint density at radius 2 is 2.12 bits per heavy atom. The maximum atomic E-state index is 12.7. The second-order valence-corrected chi connectivity index (χ2v) is 5.10. The Balaban J connectivity index is 3.95. The Hall–Kier alpha value is -0.510. The molecule has 2 N–H and O–H groups in total. The van der Waals surface area contributed by atoms with E-state index < -0.39 is 5.92 Å². The second kappa shape index (κ2) is 6.94. The molecule has 0 aromatic rings. The van der Waals surface area contributed by atoms with Crippen molar-refractivity contribution in [3.05, 3.63) is 23.3 Å². The van der Waals surface area contributed by atoms with Crippen molar-refractivity contribution in [3.8, 4) is 0 Å². The van der Waals surface area contributed by atoms with Gasteiger partial charge in [0, 0.05) is 12.7 Å². The smallest absolute Gasteiger partial charge is 0.284 e. The third-order valence-electron chi connectivity index (χ3n) is 2.34. The Labute approximate surface area is 101 Å². The summed E-state index contributed by atoms with van der Waals surface area (Å²) in [6, 6.07) is 0. The van der Waals surface area contributed by atoms with Crippen molar-refractivity contribution >= 4 is 11.8 Å². The van der Waals surface area contributed by atoms with Crippen molar-refractivity contribution in [2.45, 2.75) is 39.5 Å². The molecule has 0 aromatic carbocycles. The minimum Gasteiger partial charge on any atom is -0.397 e. The van der Waals surface area contributed by atoms with Crippen molar-refractivity contribution < 1.29 is 8.78 Å². The van der Waals surface area contributed by atoms with E-state index in [1.54, 1.807) is 0 Å². The number of thioether (sulfide) groups is 1. The summed E-state index contributed by atoms with van der Waals surface area (Å²) < 4.78 is 25.4. The lowest BCUT2D eigenvalue weighted by Crippen LogP contribution is -2.20. The van der Waals surface area contributed by atoms with Crippen LogP contribution >= 0.6 is 11.8 Å². The molecule has 0 saturated carbocycles. The number of alkyl halides is 2. The van der Waals surface area contributed by atoms with E-state index in [0.717, 1.165) is 25.3 Å². The highest BCUT2D eigenvalue weighted by atomic mass is 32.2. The molecule has 0 heterocycles. The molecule has 0 fully saturated rings. The van der Waals surface area contributed by atoms with Crippen LogP contribution in [0.3, 0.4) is 0 Å². The average Bonchev–Trinajstić information content (AvgIpc) is 2.15. The van der Waals surface area contributed by atoms with Crippen molar-refractivity contribution in [3.63, 3.8) is 0 Å². The van der Waals surface area contributed by atoms with E-state index in [9.17, 15) is 8.78 Å². The first-order valence-electron chi connectivity index (χ1n) is 5.39. The van der Waals surface area contributed by atoms with E-state index in [1.807, 2.05) is 0 Å². The van der Waals surface area contributed by atoms with Crippen LogP contribution in [0.2, 0.25) is 0 Å². The Kier molecular flexibility index (Phi) is 6.72. The fourth-order valence-electron chi connectivity index (χ4n) is 1.05. The molecule has 0 rings (SSSR count). The number of allylic oxidation sites excluding steroid dienone is 1. The van der Waals surface area contributed by atoms with Gasteiger partial charge in [-0.05, 0) is 17.7 Å². The Bertz CT molecular complexity index is 256. The number of hydrogen-bond acceptors (Lipinski definition) is 2. The first kappa shape index (κ1) is 15.5. The van der Waals surface area contributed by atoms with Gasteiger partial charge in [-0.25, -0.2) is 8.78 Å². The summed E-state index contributed by atoms with van der Waals surface area (Å²) in [6.07, 6.45) is 2.05. The third kappa shape index (κ3) is 6.88. The second-order valence-electron chi connectivity index (χ2n) is 4.24. The van der Waals surface area contributed by atoms with Gasteiger partial charge in [0.1, 0.15) is 0 Å². The number of rotatable bonds is 7. The molecule has 0 aliphatic carbocycles. The van der Waals surface area contributed by atoms with Gasteiger partial charge in [-0.15, -0.1) is 11.8 Å². The first-order chi connectivity index (χ1) is 7.27. The van der Waals surface area contributed by atoms with Gasteiger partial charge in [-0.2, -0.15) is 0 Å². The summed E-state index contributed by atoms with van der Waals surface area (Å²) >= 11 is 1.28. The molecule has 94 valence electrons. The molecule has 0 aliphatic heterocycles. The van der Waals surface area contributed by atoms with Crippen LogP contribution in [0.15, 0.2) is 23.3 Å². The lowest BCUT2D eigenvalue weighted by molar-refractivity contribution is 0.0621. The van der Waals surface area contributed by atoms with Crippen LogP contribution in [0.5, 0.6) is 0 Å². The summed E-state index contributed by atoms with van der Waals surface area (Å²) in [6.45, 7) is 9.00. The van der Waals surface area contributed by atoms with Crippen molar-refractivity contribution in [1.29, 1.82) is 0 Å². The topological polar surface area (TPSA) is 26.0 Å². The Morgan fingerprint density at radius 3 is 2.56 bits per heavy atom. The summed E-state index contributed by atoms with van der Waals surface area (Å²) in [5, 5.41) is 1.32. The van der Waals surface area contributed by atoms with Gasteiger partial charge >= 0.3 is 0 Å². The van der Waals surface area contributed by atoms with Crippen molar-refractivity contribution in [1.82, 2.24) is 0 Å². The highest BCUT2D eigenvalue weighted by Gasteiger charge is 2.24. The predicted molar refractivity (Wildman–Crippen MR) is 68.6 cm³/mol. The standard InChI is InChI=1S/C12H21F2NS/c1-5-9(2)6-10(3)7-16-8-11(15)12(4,13)14/h8-9H,3,5-7,15H2,1-2,4H3/b11-8-. The van der Waals surface area contributed by atoms with Crippen LogP contribution in [0, 0.1) is 5.92 Å². The molecule has 0 saturated heterocycles. The molecular formula is C12H21F2NS. The maximum Gasteiger partial charge on any atom is 0.284 e. The van der Waals surface area contributed by atoms with Gasteiger partial charge in [-0.1, -0.05) is 32.4 Å². The van der Waals surface area contributed by atoms with Gasteiger partial charge in [-0.3, -0.25) is 0 Å². The number of halogens is 2. The van der Waals surface area contributed by atoms with E-state index in [4.69, 9.17) is 5.73 Å². The van der Waals surface area contributed by atoms with Crippen LogP contribution in [-0.2, 0) is 0 Å². The van der Waals surface area contributed by atoms with Crippen molar-refractivity contribution in [2.75, 3.05) is 5.75 Å². The van der Waals surface area contributed by atoms with Crippen LogP contribution in [0.25, 0.3) is 0 Å². The normalized spacial score (nSPS) is 14.9. The quantitative estimate of drug-likeness (QED) is 0.685. The molecule has 0 aliphatic rings. The van der Waals surface area contributed by atoms with E-state index >= 15 is 0 Å². The fourth-order valence-corrected chi connectivity index (χ4v) is 1.87. The van der Waals surface area contributed by atoms with Gasteiger partial charge in [0.25, 0.3) is 5.92 Å². The summed E-state index contributed by atoms with van der Waals surface area (Å²) in [4.78, 5) is 0. The average molecular weight is 249 g/mol. The summed E-state index contributed by atoms with van der Waals surface area (Å²) in [5.41, 5.74) is 5.92. The molecule has 0 radical (unpaired) electrons. The van der Waals surface area contributed by atoms with Gasteiger partial charge in [0.05, 0.1) is 5.70 Å². The predicted octanol–water partition coefficient (Wildman–Crippen LogP) is 4.17. The minimum absolute atomic E-state index is 0.381. The van der Waals surface area contributed by atoms with E-state index in [2.05, 4.69) is 20.4 Å². The molecule has 1 atom stereocenters. The van der Waals surface area contributed by atoms with Gasteiger partial charge in [0.15, 0.2) is 0 Å². The van der Waals surface area contributed by atoms with Crippen LogP contribution in [0.4, 0.5) is 8.78 Å². The maximum absolute atomic E-state index is 12.7. The fraction of sp³-hybridized carbons (Fsp3) is 0.667. The van der Waals surface area contributed by atoms with E-state index in [0.29, 0.717) is 11.7 Å². The van der Waals surface area contributed by atoms with Gasteiger partial charge in [0.2, 0.25) is 0 Å². The highest BCUT2D eigenvalue weighted by molar-refractivity contribution is 8.02. The highest BCUT2D eigenvalue weighted by Crippen LogP contribution is 2.23. The molecule has 0 bridgehead atoms. The molecule has 16 heavy (non-hydrogen) atoms. The largest absolute Gasteiger partial charge is 0.397 e. The van der Waals surface area contributed by atoms with Crippen molar-refractivity contribution in [2.24, 2.45) is 11.7 Å². The molecule has 0 aromatic heterocycles. The number of nitrogens with two attached hydrogens (primary N) is 1. The monoisotopic (exact) mass is 249 g/mol.